The monoisotopic (exact) mass is 311 g/mol. The third kappa shape index (κ3) is 3.59. The van der Waals surface area contributed by atoms with E-state index in [2.05, 4.69) is 34.6 Å². The summed E-state index contributed by atoms with van der Waals surface area (Å²) in [5.41, 5.74) is 3.62. The van der Waals surface area contributed by atoms with Crippen LogP contribution in [0.2, 0.25) is 4.34 Å². The van der Waals surface area contributed by atoms with Crippen molar-refractivity contribution < 1.29 is 0 Å². The van der Waals surface area contributed by atoms with Gasteiger partial charge in [0.25, 0.3) is 0 Å². The van der Waals surface area contributed by atoms with Gasteiger partial charge in [-0.15, -0.1) is 11.3 Å². The van der Waals surface area contributed by atoms with E-state index in [0.717, 1.165) is 28.7 Å². The Hall–Kier alpha value is -1.37. The van der Waals surface area contributed by atoms with Crippen LogP contribution in [0, 0.1) is 0 Å². The molecule has 7 heteroatoms. The first-order chi connectivity index (χ1) is 9.61. The Balaban J connectivity index is 2.05. The quantitative estimate of drug-likeness (QED) is 0.564. The highest BCUT2D eigenvalue weighted by Crippen LogP contribution is 2.28. The molecule has 0 unspecified atom stereocenters. The lowest BCUT2D eigenvalue weighted by Crippen LogP contribution is -2.16. The Morgan fingerprint density at radius 3 is 2.65 bits per heavy atom. The topological polar surface area (TPSA) is 75.9 Å². The van der Waals surface area contributed by atoms with Crippen molar-refractivity contribution in [3.63, 3.8) is 0 Å². The molecule has 2 rings (SSSR count). The minimum atomic E-state index is 0.279. The number of hydrogen-bond donors (Lipinski definition) is 3. The van der Waals surface area contributed by atoms with Gasteiger partial charge < -0.3 is 10.7 Å². The number of nitrogens with one attached hydrogen (secondary N) is 2. The average Bonchev–Trinajstić information content (AvgIpc) is 2.83. The van der Waals surface area contributed by atoms with Gasteiger partial charge >= 0.3 is 0 Å². The molecule has 5 nitrogen and oxygen atoms in total. The molecule has 0 saturated carbocycles. The summed E-state index contributed by atoms with van der Waals surface area (Å²) in [5.74, 6) is 7.27. The summed E-state index contributed by atoms with van der Waals surface area (Å²) in [6.45, 7) is 4.96. The van der Waals surface area contributed by atoms with Crippen LogP contribution in [0.25, 0.3) is 0 Å². The number of nitrogen functional groups attached to an aromatic ring is 1. The van der Waals surface area contributed by atoms with E-state index in [1.165, 1.54) is 11.2 Å². The van der Waals surface area contributed by atoms with Gasteiger partial charge in [0.1, 0.15) is 18.0 Å². The molecule has 0 fully saturated rings. The van der Waals surface area contributed by atoms with Crippen LogP contribution in [0.5, 0.6) is 0 Å². The molecule has 0 amide bonds. The Kier molecular flexibility index (Phi) is 5.17. The number of thiophene rings is 1. The second-order valence-electron chi connectivity index (χ2n) is 4.67. The highest BCUT2D eigenvalue weighted by atomic mass is 35.5. The summed E-state index contributed by atoms with van der Waals surface area (Å²) in [6, 6.07) is 3.97. The zero-order valence-electron chi connectivity index (χ0n) is 11.5. The largest absolute Gasteiger partial charge is 0.369 e. The first-order valence-electron chi connectivity index (χ1n) is 6.41. The van der Waals surface area contributed by atoms with Gasteiger partial charge in [-0.2, -0.15) is 0 Å². The van der Waals surface area contributed by atoms with Gasteiger partial charge in [-0.1, -0.05) is 25.4 Å². The van der Waals surface area contributed by atoms with E-state index in [4.69, 9.17) is 17.4 Å². The molecule has 0 spiro atoms. The van der Waals surface area contributed by atoms with Crippen molar-refractivity contribution in [2.45, 2.75) is 26.2 Å². The Bertz CT molecular complexity index is 570. The van der Waals surface area contributed by atoms with Crippen LogP contribution >= 0.6 is 22.9 Å². The fourth-order valence-electron chi connectivity index (χ4n) is 1.99. The van der Waals surface area contributed by atoms with E-state index >= 15 is 0 Å². The SMILES string of the molecule is CC(C)c1c(NN)ncnc1NCCc1ccc(Cl)s1. The van der Waals surface area contributed by atoms with Crippen LogP contribution in [0.1, 0.15) is 30.2 Å². The molecular weight excluding hydrogens is 294 g/mol. The third-order valence-electron chi connectivity index (χ3n) is 2.89. The molecule has 0 saturated heterocycles. The number of rotatable bonds is 6. The molecule has 0 aliphatic rings. The molecule has 2 heterocycles. The van der Waals surface area contributed by atoms with Gasteiger partial charge in [-0.3, -0.25) is 0 Å². The van der Waals surface area contributed by atoms with Gasteiger partial charge in [-0.05, 0) is 24.5 Å². The van der Waals surface area contributed by atoms with Gasteiger partial charge in [-0.25, -0.2) is 15.8 Å². The first-order valence-corrected chi connectivity index (χ1v) is 7.61. The molecule has 0 aliphatic carbocycles. The van der Waals surface area contributed by atoms with E-state index in [1.807, 2.05) is 12.1 Å². The van der Waals surface area contributed by atoms with Crippen molar-refractivity contribution in [3.05, 3.63) is 33.2 Å². The Morgan fingerprint density at radius 1 is 1.30 bits per heavy atom. The van der Waals surface area contributed by atoms with Crippen molar-refractivity contribution in [2.75, 3.05) is 17.3 Å². The minimum absolute atomic E-state index is 0.279. The molecule has 0 atom stereocenters. The van der Waals surface area contributed by atoms with Crippen LogP contribution in [0.3, 0.4) is 0 Å². The average molecular weight is 312 g/mol. The summed E-state index contributed by atoms with van der Waals surface area (Å²) in [6.07, 6.45) is 2.41. The number of anilines is 2. The van der Waals surface area contributed by atoms with Crippen LogP contribution in [-0.4, -0.2) is 16.5 Å². The standard InChI is InChI=1S/C13H18ClN5S/c1-8(2)11-12(17-7-18-13(11)19-15)16-6-5-9-3-4-10(14)20-9/h3-4,7-8H,5-6,15H2,1-2H3,(H2,16,17,18,19). The van der Waals surface area contributed by atoms with Crippen LogP contribution in [0.4, 0.5) is 11.6 Å². The lowest BCUT2D eigenvalue weighted by Gasteiger charge is -2.16. The van der Waals surface area contributed by atoms with E-state index in [-0.39, 0.29) is 5.92 Å². The molecule has 0 aromatic carbocycles. The highest BCUT2D eigenvalue weighted by molar-refractivity contribution is 7.16. The molecular formula is C13H18ClN5S. The zero-order chi connectivity index (χ0) is 14.5. The van der Waals surface area contributed by atoms with Crippen molar-refractivity contribution in [3.8, 4) is 0 Å². The summed E-state index contributed by atoms with van der Waals surface area (Å²) >= 11 is 7.52. The Labute approximate surface area is 127 Å². The van der Waals surface area contributed by atoms with Crippen molar-refractivity contribution in [1.29, 1.82) is 0 Å². The van der Waals surface area contributed by atoms with Crippen LogP contribution in [0.15, 0.2) is 18.5 Å². The molecule has 0 bridgehead atoms. The maximum absolute atomic E-state index is 5.92. The van der Waals surface area contributed by atoms with Crippen molar-refractivity contribution >= 4 is 34.6 Å². The van der Waals surface area contributed by atoms with Gasteiger partial charge in [0.2, 0.25) is 0 Å². The van der Waals surface area contributed by atoms with Gasteiger partial charge in [0.15, 0.2) is 0 Å². The van der Waals surface area contributed by atoms with Crippen molar-refractivity contribution in [1.82, 2.24) is 9.97 Å². The van der Waals surface area contributed by atoms with Crippen molar-refractivity contribution in [2.24, 2.45) is 5.84 Å². The maximum Gasteiger partial charge on any atom is 0.148 e. The number of hydrazine groups is 1. The fourth-order valence-corrected chi connectivity index (χ4v) is 3.08. The summed E-state index contributed by atoms with van der Waals surface area (Å²) < 4.78 is 0.819. The molecule has 0 aliphatic heterocycles. The number of nitrogens with zero attached hydrogens (tertiary/aromatic N) is 2. The molecule has 2 aromatic heterocycles. The van der Waals surface area contributed by atoms with Gasteiger partial charge in [0.05, 0.1) is 4.34 Å². The number of halogens is 1. The maximum atomic E-state index is 5.92. The normalized spacial score (nSPS) is 10.8. The third-order valence-corrected chi connectivity index (χ3v) is 4.18. The van der Waals surface area contributed by atoms with E-state index in [9.17, 15) is 0 Å². The zero-order valence-corrected chi connectivity index (χ0v) is 13.1. The van der Waals surface area contributed by atoms with Gasteiger partial charge in [0, 0.05) is 17.0 Å². The van der Waals surface area contributed by atoms with Crippen LogP contribution in [-0.2, 0) is 6.42 Å². The lowest BCUT2D eigenvalue weighted by atomic mass is 10.0. The molecule has 2 aromatic rings. The second kappa shape index (κ2) is 6.88. The van der Waals surface area contributed by atoms with E-state index in [1.54, 1.807) is 11.3 Å². The Morgan fingerprint density at radius 2 is 2.05 bits per heavy atom. The van der Waals surface area contributed by atoms with E-state index in [0.29, 0.717) is 5.82 Å². The molecule has 108 valence electrons. The molecule has 4 N–H and O–H groups in total. The highest BCUT2D eigenvalue weighted by Gasteiger charge is 2.14. The number of aromatic nitrogens is 2. The second-order valence-corrected chi connectivity index (χ2v) is 6.47. The summed E-state index contributed by atoms with van der Waals surface area (Å²) in [5, 5.41) is 3.34. The number of hydrogen-bond acceptors (Lipinski definition) is 6. The molecule has 0 radical (unpaired) electrons. The molecule has 20 heavy (non-hydrogen) atoms. The summed E-state index contributed by atoms with van der Waals surface area (Å²) in [4.78, 5) is 9.70. The predicted octanol–water partition coefficient (Wildman–Crippen LogP) is 3.26. The minimum Gasteiger partial charge on any atom is -0.369 e. The fraction of sp³-hybridized carbons (Fsp3) is 0.385. The summed E-state index contributed by atoms with van der Waals surface area (Å²) in [7, 11) is 0. The van der Waals surface area contributed by atoms with Crippen LogP contribution < -0.4 is 16.6 Å². The number of nitrogens with two attached hydrogens (primary N) is 1. The first kappa shape index (κ1) is 15.0. The smallest absolute Gasteiger partial charge is 0.148 e. The lowest BCUT2D eigenvalue weighted by molar-refractivity contribution is 0.843. The predicted molar refractivity (Wildman–Crippen MR) is 85.5 cm³/mol. The van der Waals surface area contributed by atoms with E-state index < -0.39 is 0 Å².